The highest BCUT2D eigenvalue weighted by atomic mass is 32.2. The van der Waals surface area contributed by atoms with Crippen LogP contribution in [0.5, 0.6) is 0 Å². The van der Waals surface area contributed by atoms with E-state index in [1.807, 2.05) is 0 Å². The maximum Gasteiger partial charge on any atom is 0.223 e. The topological polar surface area (TPSA) is 46.2 Å². The molecule has 4 heteroatoms. The van der Waals surface area contributed by atoms with Crippen LogP contribution in [0.25, 0.3) is 0 Å². The predicted octanol–water partition coefficient (Wildman–Crippen LogP) is 2.35. The lowest BCUT2D eigenvalue weighted by molar-refractivity contribution is -0.124. The Morgan fingerprint density at radius 3 is 2.75 bits per heavy atom. The van der Waals surface area contributed by atoms with Gasteiger partial charge in [0.1, 0.15) is 0 Å². The van der Waals surface area contributed by atoms with Gasteiger partial charge in [0.15, 0.2) is 5.12 Å². The van der Waals surface area contributed by atoms with Crippen LogP contribution >= 0.6 is 11.8 Å². The SMILES string of the molecule is CC(=O)SCC1CCCCCCCNC1=O. The first kappa shape index (κ1) is 13.6. The van der Waals surface area contributed by atoms with Crippen molar-refractivity contribution < 1.29 is 9.59 Å². The molecule has 1 saturated heterocycles. The van der Waals surface area contributed by atoms with E-state index in [1.54, 1.807) is 6.92 Å². The number of hydrogen-bond donors (Lipinski definition) is 1. The van der Waals surface area contributed by atoms with Crippen LogP contribution in [0.2, 0.25) is 0 Å². The number of carbonyl (C=O) groups excluding carboxylic acids is 2. The minimum atomic E-state index is 0.0204. The summed E-state index contributed by atoms with van der Waals surface area (Å²) in [4.78, 5) is 22.7. The highest BCUT2D eigenvalue weighted by molar-refractivity contribution is 8.13. The fourth-order valence-electron chi connectivity index (χ4n) is 1.91. The first-order valence-electron chi connectivity index (χ1n) is 6.11. The Hall–Kier alpha value is -0.510. The number of rotatable bonds is 2. The molecule has 0 aromatic carbocycles. The Bertz CT molecular complexity index is 243. The quantitative estimate of drug-likeness (QED) is 0.810. The zero-order chi connectivity index (χ0) is 11.8. The fraction of sp³-hybridized carbons (Fsp3) is 0.833. The van der Waals surface area contributed by atoms with E-state index in [1.165, 1.54) is 31.0 Å². The molecule has 1 N–H and O–H groups in total. The van der Waals surface area contributed by atoms with Crippen LogP contribution in [-0.2, 0) is 9.59 Å². The van der Waals surface area contributed by atoms with Gasteiger partial charge in [0.25, 0.3) is 0 Å². The smallest absolute Gasteiger partial charge is 0.223 e. The molecule has 92 valence electrons. The molecule has 0 radical (unpaired) electrons. The summed E-state index contributed by atoms with van der Waals surface area (Å²) in [5.74, 6) is 0.795. The lowest BCUT2D eigenvalue weighted by Crippen LogP contribution is -2.33. The Kier molecular flexibility index (Phi) is 6.53. The molecule has 1 atom stereocenters. The largest absolute Gasteiger partial charge is 0.356 e. The summed E-state index contributed by atoms with van der Waals surface area (Å²) in [5.41, 5.74) is 0. The third-order valence-corrected chi connectivity index (χ3v) is 3.86. The highest BCUT2D eigenvalue weighted by Gasteiger charge is 2.19. The monoisotopic (exact) mass is 243 g/mol. The van der Waals surface area contributed by atoms with Crippen molar-refractivity contribution in [3.8, 4) is 0 Å². The number of nitrogens with one attached hydrogen (secondary N) is 1. The van der Waals surface area contributed by atoms with Gasteiger partial charge in [-0.2, -0.15) is 0 Å². The number of carbonyl (C=O) groups is 2. The van der Waals surface area contributed by atoms with E-state index < -0.39 is 0 Å². The van der Waals surface area contributed by atoms with Crippen molar-refractivity contribution in [3.63, 3.8) is 0 Å². The first-order chi connectivity index (χ1) is 7.70. The van der Waals surface area contributed by atoms with Gasteiger partial charge in [-0.05, 0) is 12.8 Å². The first-order valence-corrected chi connectivity index (χ1v) is 7.10. The summed E-state index contributed by atoms with van der Waals surface area (Å²) >= 11 is 1.27. The zero-order valence-electron chi connectivity index (χ0n) is 9.96. The Morgan fingerprint density at radius 2 is 2.00 bits per heavy atom. The van der Waals surface area contributed by atoms with Gasteiger partial charge in [0.05, 0.1) is 0 Å². The van der Waals surface area contributed by atoms with Gasteiger partial charge < -0.3 is 5.32 Å². The van der Waals surface area contributed by atoms with Crippen LogP contribution in [0.4, 0.5) is 0 Å². The summed E-state index contributed by atoms with van der Waals surface area (Å²) in [5, 5.41) is 3.06. The van der Waals surface area contributed by atoms with Gasteiger partial charge in [0, 0.05) is 25.1 Å². The summed E-state index contributed by atoms with van der Waals surface area (Å²) in [6.07, 6.45) is 6.81. The maximum absolute atomic E-state index is 11.8. The van der Waals surface area contributed by atoms with Crippen molar-refractivity contribution in [1.29, 1.82) is 0 Å². The Labute approximate surface area is 102 Å². The third-order valence-electron chi connectivity index (χ3n) is 2.89. The molecule has 0 bridgehead atoms. The Morgan fingerprint density at radius 1 is 1.31 bits per heavy atom. The van der Waals surface area contributed by atoms with Crippen LogP contribution in [0.1, 0.15) is 45.4 Å². The fourth-order valence-corrected chi connectivity index (χ4v) is 2.66. The van der Waals surface area contributed by atoms with Gasteiger partial charge >= 0.3 is 0 Å². The minimum Gasteiger partial charge on any atom is -0.356 e. The maximum atomic E-state index is 11.8. The molecular weight excluding hydrogens is 222 g/mol. The van der Waals surface area contributed by atoms with Crippen molar-refractivity contribution in [2.75, 3.05) is 12.3 Å². The second-order valence-electron chi connectivity index (χ2n) is 4.35. The predicted molar refractivity (Wildman–Crippen MR) is 67.3 cm³/mol. The van der Waals surface area contributed by atoms with Crippen molar-refractivity contribution in [1.82, 2.24) is 5.32 Å². The molecule has 0 saturated carbocycles. The summed E-state index contributed by atoms with van der Waals surface area (Å²) in [6, 6.07) is 0. The van der Waals surface area contributed by atoms with Crippen molar-refractivity contribution in [2.24, 2.45) is 5.92 Å². The van der Waals surface area contributed by atoms with Crippen LogP contribution in [0, 0.1) is 5.92 Å². The molecule has 1 unspecified atom stereocenters. The molecule has 0 aromatic rings. The molecule has 1 rings (SSSR count). The van der Waals surface area contributed by atoms with E-state index in [-0.39, 0.29) is 16.9 Å². The van der Waals surface area contributed by atoms with E-state index >= 15 is 0 Å². The summed E-state index contributed by atoms with van der Waals surface area (Å²) in [7, 11) is 0. The van der Waals surface area contributed by atoms with E-state index in [2.05, 4.69) is 5.32 Å². The highest BCUT2D eigenvalue weighted by Crippen LogP contribution is 2.18. The van der Waals surface area contributed by atoms with E-state index in [4.69, 9.17) is 0 Å². The van der Waals surface area contributed by atoms with Crippen molar-refractivity contribution in [3.05, 3.63) is 0 Å². The van der Waals surface area contributed by atoms with Gasteiger partial charge in [-0.25, -0.2) is 0 Å². The van der Waals surface area contributed by atoms with E-state index in [9.17, 15) is 9.59 Å². The molecule has 0 aromatic heterocycles. The molecule has 1 aliphatic rings. The molecular formula is C12H21NO2S. The average molecular weight is 243 g/mol. The average Bonchev–Trinajstić information content (AvgIpc) is 2.25. The number of amides is 1. The second-order valence-corrected chi connectivity index (χ2v) is 5.54. The number of hydrogen-bond acceptors (Lipinski definition) is 3. The van der Waals surface area contributed by atoms with Gasteiger partial charge in [-0.3, -0.25) is 9.59 Å². The normalized spacial score (nSPS) is 23.6. The summed E-state index contributed by atoms with van der Waals surface area (Å²) < 4.78 is 0. The molecule has 16 heavy (non-hydrogen) atoms. The molecule has 1 heterocycles. The van der Waals surface area contributed by atoms with Crippen molar-refractivity contribution in [2.45, 2.75) is 45.4 Å². The van der Waals surface area contributed by atoms with Crippen LogP contribution in [-0.4, -0.2) is 23.3 Å². The lowest BCUT2D eigenvalue weighted by Gasteiger charge is -2.17. The van der Waals surface area contributed by atoms with Crippen LogP contribution < -0.4 is 5.32 Å². The lowest BCUT2D eigenvalue weighted by atomic mass is 10.00. The minimum absolute atomic E-state index is 0.0204. The number of thioether (sulfide) groups is 1. The molecule has 1 aliphatic heterocycles. The van der Waals surface area contributed by atoms with E-state index in [0.717, 1.165) is 25.8 Å². The van der Waals surface area contributed by atoms with Gasteiger partial charge in [0.2, 0.25) is 5.91 Å². The van der Waals surface area contributed by atoms with Crippen LogP contribution in [0.15, 0.2) is 0 Å². The van der Waals surface area contributed by atoms with Gasteiger partial charge in [-0.15, -0.1) is 0 Å². The van der Waals surface area contributed by atoms with Crippen LogP contribution in [0.3, 0.4) is 0 Å². The Balaban J connectivity index is 2.40. The second kappa shape index (κ2) is 7.71. The van der Waals surface area contributed by atoms with E-state index in [0.29, 0.717) is 5.75 Å². The summed E-state index contributed by atoms with van der Waals surface area (Å²) in [6.45, 7) is 2.35. The molecule has 1 amide bonds. The standard InChI is InChI=1S/C12H21NO2S/c1-10(14)16-9-11-7-5-3-2-4-6-8-13-12(11)15/h11H,2-9H2,1H3,(H,13,15). The molecule has 3 nitrogen and oxygen atoms in total. The third kappa shape index (κ3) is 5.54. The van der Waals surface area contributed by atoms with Gasteiger partial charge in [-0.1, -0.05) is 37.4 Å². The molecule has 1 fully saturated rings. The zero-order valence-corrected chi connectivity index (χ0v) is 10.8. The molecule has 0 aliphatic carbocycles. The molecule has 0 spiro atoms. The van der Waals surface area contributed by atoms with Crippen molar-refractivity contribution >= 4 is 22.8 Å².